The van der Waals surface area contributed by atoms with Gasteiger partial charge in [-0.2, -0.15) is 15.6 Å². The molecule has 0 amide bonds. The topological polar surface area (TPSA) is 97.1 Å². The van der Waals surface area contributed by atoms with Gasteiger partial charge in [0.15, 0.2) is 0 Å². The number of hydrogen-bond acceptors (Lipinski definition) is 7. The van der Waals surface area contributed by atoms with Crippen LogP contribution in [0.5, 0.6) is 0 Å². The van der Waals surface area contributed by atoms with Crippen molar-refractivity contribution >= 4 is 11.3 Å². The highest BCUT2D eigenvalue weighted by atomic mass is 15.4. The maximum atomic E-state index is 9.73. The van der Waals surface area contributed by atoms with Gasteiger partial charge in [-0.1, -0.05) is 13.0 Å². The highest BCUT2D eigenvalue weighted by Gasteiger charge is 2.45. The van der Waals surface area contributed by atoms with Gasteiger partial charge in [0.1, 0.15) is 11.9 Å². The molecular weight excluding hydrogens is 496 g/mol. The summed E-state index contributed by atoms with van der Waals surface area (Å²) in [5.41, 5.74) is 6.69. The summed E-state index contributed by atoms with van der Waals surface area (Å²) in [4.78, 5) is 14.5. The highest BCUT2D eigenvalue weighted by Crippen LogP contribution is 2.48. The van der Waals surface area contributed by atoms with Gasteiger partial charge in [0.2, 0.25) is 0 Å². The number of nitrogens with zero attached hydrogens (tertiary/aromatic N) is 8. The number of piperazine rings is 1. The molecule has 8 rings (SSSR count). The van der Waals surface area contributed by atoms with Gasteiger partial charge in [0.05, 0.1) is 28.8 Å². The molecule has 3 saturated heterocycles. The Labute approximate surface area is 234 Å². The normalized spacial score (nSPS) is 21.0. The Morgan fingerprint density at radius 1 is 1.00 bits per heavy atom. The molecule has 2 atom stereocenters. The number of aryl methyl sites for hydroxylation is 2. The average molecular weight is 529 g/mol. The van der Waals surface area contributed by atoms with Crippen LogP contribution in [-0.2, 0) is 19.4 Å². The quantitative estimate of drug-likeness (QED) is 0.320. The van der Waals surface area contributed by atoms with E-state index in [2.05, 4.69) is 69.3 Å². The van der Waals surface area contributed by atoms with E-state index in [4.69, 9.17) is 4.98 Å². The summed E-state index contributed by atoms with van der Waals surface area (Å²) in [6.45, 7) is 5.05. The highest BCUT2D eigenvalue weighted by molar-refractivity contribution is 5.84. The van der Waals surface area contributed by atoms with E-state index >= 15 is 0 Å². The summed E-state index contributed by atoms with van der Waals surface area (Å²) in [5.74, 6) is 0.998. The molecule has 0 radical (unpaired) electrons. The Morgan fingerprint density at radius 3 is 2.50 bits per heavy atom. The van der Waals surface area contributed by atoms with Crippen LogP contribution < -0.4 is 4.90 Å². The van der Waals surface area contributed by atoms with E-state index in [1.807, 2.05) is 18.6 Å². The predicted molar refractivity (Wildman–Crippen MR) is 152 cm³/mol. The van der Waals surface area contributed by atoms with Crippen LogP contribution in [0.3, 0.4) is 0 Å². The second kappa shape index (κ2) is 9.73. The van der Waals surface area contributed by atoms with E-state index in [-0.39, 0.29) is 5.41 Å². The van der Waals surface area contributed by atoms with Gasteiger partial charge in [-0.05, 0) is 73.9 Å². The standard InChI is InChI=1S/C32H32N8/c1-2-26-5-3-23(14-35-26)17-39-27-12-28(39)20-38(19-27)30-6-4-24(15-36-30)29-11-22(7-8-32(21-34)9-10-32)18-40-31(29)25(13-33)16-37-40/h3-6,11,14-16,18,27-28H,2,7-10,12,17,19-20H2,1H3. The number of fused-ring (bicyclic) bond motifs is 3. The van der Waals surface area contributed by atoms with Crippen LogP contribution in [-0.4, -0.2) is 49.7 Å². The van der Waals surface area contributed by atoms with Crippen molar-refractivity contribution < 1.29 is 0 Å². The Morgan fingerprint density at radius 2 is 1.85 bits per heavy atom. The van der Waals surface area contributed by atoms with Gasteiger partial charge in [0, 0.05) is 67.1 Å². The molecule has 0 spiro atoms. The molecule has 40 heavy (non-hydrogen) atoms. The summed E-state index contributed by atoms with van der Waals surface area (Å²) in [6, 6.07) is 16.6. The summed E-state index contributed by atoms with van der Waals surface area (Å²) in [5, 5.41) is 23.7. The number of rotatable bonds is 8. The fraction of sp³-hybridized carbons (Fsp3) is 0.406. The molecule has 4 aromatic rings. The molecule has 7 heterocycles. The Hall–Kier alpha value is -4.27. The Balaban J connectivity index is 1.08. The lowest BCUT2D eigenvalue weighted by atomic mass is 9.87. The minimum absolute atomic E-state index is 0.151. The average Bonchev–Trinajstić information content (AvgIpc) is 3.68. The number of aromatic nitrogens is 4. The molecule has 4 aromatic heterocycles. The van der Waals surface area contributed by atoms with Gasteiger partial charge in [-0.25, -0.2) is 9.50 Å². The van der Waals surface area contributed by atoms with Crippen LogP contribution in [0, 0.1) is 28.1 Å². The van der Waals surface area contributed by atoms with Crippen LogP contribution >= 0.6 is 0 Å². The smallest absolute Gasteiger partial charge is 0.128 e. The molecule has 2 bridgehead atoms. The van der Waals surface area contributed by atoms with Crippen LogP contribution in [0.4, 0.5) is 5.82 Å². The first-order valence-corrected chi connectivity index (χ1v) is 14.3. The van der Waals surface area contributed by atoms with Crippen molar-refractivity contribution in [3.8, 4) is 23.3 Å². The zero-order valence-corrected chi connectivity index (χ0v) is 22.8. The number of piperidine rings is 1. The fourth-order valence-electron chi connectivity index (χ4n) is 6.40. The van der Waals surface area contributed by atoms with E-state index in [1.165, 1.54) is 12.0 Å². The fourth-order valence-corrected chi connectivity index (χ4v) is 6.40. The Kier molecular flexibility index (Phi) is 6.02. The van der Waals surface area contributed by atoms with E-state index in [9.17, 15) is 10.5 Å². The van der Waals surface area contributed by atoms with Crippen molar-refractivity contribution in [1.82, 2.24) is 24.5 Å². The van der Waals surface area contributed by atoms with E-state index < -0.39 is 0 Å². The van der Waals surface area contributed by atoms with E-state index in [0.717, 1.165) is 85.5 Å². The number of pyridine rings is 3. The molecule has 8 heteroatoms. The van der Waals surface area contributed by atoms with Crippen molar-refractivity contribution in [2.24, 2.45) is 5.41 Å². The van der Waals surface area contributed by atoms with Gasteiger partial charge < -0.3 is 4.90 Å². The van der Waals surface area contributed by atoms with E-state index in [0.29, 0.717) is 17.6 Å². The zero-order valence-electron chi connectivity index (χ0n) is 22.8. The van der Waals surface area contributed by atoms with Crippen LogP contribution in [0.1, 0.15) is 55.0 Å². The third kappa shape index (κ3) is 4.39. The first-order valence-electron chi connectivity index (χ1n) is 14.3. The second-order valence-corrected chi connectivity index (χ2v) is 11.7. The van der Waals surface area contributed by atoms with Gasteiger partial charge in [-0.15, -0.1) is 0 Å². The van der Waals surface area contributed by atoms with Crippen LogP contribution in [0.25, 0.3) is 16.6 Å². The summed E-state index contributed by atoms with van der Waals surface area (Å²) >= 11 is 0. The first-order chi connectivity index (χ1) is 19.6. The maximum Gasteiger partial charge on any atom is 0.128 e. The van der Waals surface area contributed by atoms with Crippen molar-refractivity contribution in [2.75, 3.05) is 18.0 Å². The molecule has 8 nitrogen and oxygen atoms in total. The molecule has 0 N–H and O–H groups in total. The molecule has 4 fully saturated rings. The molecular formula is C32H32N8. The van der Waals surface area contributed by atoms with Crippen molar-refractivity contribution in [3.05, 3.63) is 77.5 Å². The molecule has 200 valence electrons. The molecule has 0 aromatic carbocycles. The summed E-state index contributed by atoms with van der Waals surface area (Å²) < 4.78 is 1.81. The van der Waals surface area contributed by atoms with Crippen LogP contribution in [0.15, 0.2) is 55.1 Å². The minimum Gasteiger partial charge on any atom is -0.353 e. The minimum atomic E-state index is -0.151. The maximum absolute atomic E-state index is 9.73. The van der Waals surface area contributed by atoms with Gasteiger partial charge in [0.25, 0.3) is 0 Å². The second-order valence-electron chi connectivity index (χ2n) is 11.7. The molecule has 1 aliphatic carbocycles. The lowest BCUT2D eigenvalue weighted by molar-refractivity contribution is -0.00875. The van der Waals surface area contributed by atoms with Crippen molar-refractivity contribution in [2.45, 2.75) is 64.1 Å². The third-order valence-electron chi connectivity index (χ3n) is 9.11. The predicted octanol–water partition coefficient (Wildman–Crippen LogP) is 4.92. The number of anilines is 1. The molecule has 1 saturated carbocycles. The third-order valence-corrected chi connectivity index (χ3v) is 9.11. The lowest BCUT2D eigenvalue weighted by Gasteiger charge is -2.56. The number of hydrogen-bond donors (Lipinski definition) is 0. The number of nitriles is 2. The SMILES string of the molecule is CCc1ccc(CN2C3CC2CN(c2ccc(-c4cc(CCC5(C#N)CC5)cn5ncc(C#N)c45)cn2)C3)cn1. The van der Waals surface area contributed by atoms with Crippen LogP contribution in [0.2, 0.25) is 0 Å². The lowest BCUT2D eigenvalue weighted by Crippen LogP contribution is -2.68. The Bertz CT molecular complexity index is 1620. The van der Waals surface area contributed by atoms with Gasteiger partial charge >= 0.3 is 0 Å². The first kappa shape index (κ1) is 24.7. The molecule has 3 aliphatic heterocycles. The molecule has 2 unspecified atom stereocenters. The summed E-state index contributed by atoms with van der Waals surface area (Å²) in [6.07, 6.45) is 13.4. The zero-order chi connectivity index (χ0) is 27.3. The van der Waals surface area contributed by atoms with E-state index in [1.54, 1.807) is 10.7 Å². The van der Waals surface area contributed by atoms with Gasteiger partial charge in [-0.3, -0.25) is 9.88 Å². The van der Waals surface area contributed by atoms with Crippen molar-refractivity contribution in [1.29, 1.82) is 10.5 Å². The van der Waals surface area contributed by atoms with Crippen molar-refractivity contribution in [3.63, 3.8) is 0 Å². The molecule has 4 aliphatic rings. The summed E-state index contributed by atoms with van der Waals surface area (Å²) in [7, 11) is 0. The monoisotopic (exact) mass is 528 g/mol. The largest absolute Gasteiger partial charge is 0.353 e.